The Morgan fingerprint density at radius 1 is 1.03 bits per heavy atom. The molecule has 2 fully saturated rings. The summed E-state index contributed by atoms with van der Waals surface area (Å²) in [4.78, 5) is 34.5. The van der Waals surface area contributed by atoms with E-state index in [2.05, 4.69) is 28.1 Å². The van der Waals surface area contributed by atoms with Crippen molar-refractivity contribution in [2.45, 2.75) is 25.2 Å². The molecule has 1 unspecified atom stereocenters. The Hall–Kier alpha value is -2.25. The number of benzene rings is 2. The van der Waals surface area contributed by atoms with Crippen LogP contribution in [-0.4, -0.2) is 41.3 Å². The van der Waals surface area contributed by atoms with Crippen LogP contribution >= 0.6 is 27.3 Å². The van der Waals surface area contributed by atoms with Gasteiger partial charge in [0.1, 0.15) is 5.92 Å². The van der Waals surface area contributed by atoms with E-state index in [1.807, 2.05) is 41.3 Å². The number of halogens is 1. The predicted molar refractivity (Wildman–Crippen MR) is 123 cm³/mol. The zero-order chi connectivity index (χ0) is 20.7. The number of anilines is 1. The fourth-order valence-electron chi connectivity index (χ4n) is 4.44. The normalized spacial score (nSPS) is 20.3. The third kappa shape index (κ3) is 3.65. The fourth-order valence-corrected chi connectivity index (χ4v) is 5.96. The Bertz CT molecular complexity index is 1070. The van der Waals surface area contributed by atoms with Gasteiger partial charge < -0.3 is 9.80 Å². The Morgan fingerprint density at radius 2 is 1.83 bits per heavy atom. The van der Waals surface area contributed by atoms with E-state index >= 15 is 0 Å². The highest BCUT2D eigenvalue weighted by Gasteiger charge is 2.40. The van der Waals surface area contributed by atoms with Crippen LogP contribution in [-0.2, 0) is 9.59 Å². The molecule has 1 atom stereocenters. The Morgan fingerprint density at radius 3 is 2.60 bits per heavy atom. The van der Waals surface area contributed by atoms with Crippen LogP contribution in [0.4, 0.5) is 5.69 Å². The van der Waals surface area contributed by atoms with Gasteiger partial charge in [-0.25, -0.2) is 4.98 Å². The highest BCUT2D eigenvalue weighted by Crippen LogP contribution is 2.35. The van der Waals surface area contributed by atoms with Crippen molar-refractivity contribution < 1.29 is 9.59 Å². The maximum Gasteiger partial charge on any atom is 0.239 e. The number of para-hydroxylation sites is 1. The monoisotopic (exact) mass is 483 g/mol. The van der Waals surface area contributed by atoms with Crippen molar-refractivity contribution in [1.82, 2.24) is 9.88 Å². The zero-order valence-electron chi connectivity index (χ0n) is 16.5. The van der Waals surface area contributed by atoms with Gasteiger partial charge in [0.05, 0.1) is 15.2 Å². The van der Waals surface area contributed by atoms with E-state index < -0.39 is 5.92 Å². The van der Waals surface area contributed by atoms with Gasteiger partial charge in [-0.2, -0.15) is 0 Å². The van der Waals surface area contributed by atoms with E-state index in [0.717, 1.165) is 28.5 Å². The maximum atomic E-state index is 13.1. The zero-order valence-corrected chi connectivity index (χ0v) is 18.9. The quantitative estimate of drug-likeness (QED) is 0.501. The molecule has 2 amide bonds. The van der Waals surface area contributed by atoms with Gasteiger partial charge in [0.25, 0.3) is 0 Å². The number of likely N-dealkylation sites (tertiary alicyclic amines) is 1. The molecule has 0 saturated carbocycles. The summed E-state index contributed by atoms with van der Waals surface area (Å²) in [6.45, 7) is 1.98. The lowest BCUT2D eigenvalue weighted by Crippen LogP contribution is -2.43. The molecule has 7 heteroatoms. The van der Waals surface area contributed by atoms with Crippen LogP contribution in [0.15, 0.2) is 53.0 Å². The molecule has 0 bridgehead atoms. The molecule has 30 heavy (non-hydrogen) atoms. The fraction of sp³-hybridized carbons (Fsp3) is 0.348. The molecular formula is C23H22BrN3O2S. The number of carbonyl (C=O) groups is 2. The summed E-state index contributed by atoms with van der Waals surface area (Å²) in [6.07, 6.45) is 2.39. The Labute approximate surface area is 187 Å². The number of hydrogen-bond donors (Lipinski definition) is 0. The van der Waals surface area contributed by atoms with Gasteiger partial charge >= 0.3 is 0 Å². The lowest BCUT2D eigenvalue weighted by Gasteiger charge is -2.32. The van der Waals surface area contributed by atoms with E-state index in [0.29, 0.717) is 32.0 Å². The van der Waals surface area contributed by atoms with Crippen LogP contribution < -0.4 is 4.90 Å². The summed E-state index contributed by atoms with van der Waals surface area (Å²) in [6, 6.07) is 15.9. The van der Waals surface area contributed by atoms with E-state index in [4.69, 9.17) is 4.98 Å². The number of thiazole rings is 1. The minimum Gasteiger partial charge on any atom is -0.342 e. The third-order valence-electron chi connectivity index (χ3n) is 6.09. The second-order valence-corrected chi connectivity index (χ2v) is 9.91. The van der Waals surface area contributed by atoms with Gasteiger partial charge in [-0.1, -0.05) is 34.1 Å². The van der Waals surface area contributed by atoms with Crippen LogP contribution in [0.2, 0.25) is 0 Å². The Balaban J connectivity index is 1.23. The smallest absolute Gasteiger partial charge is 0.239 e. The lowest BCUT2D eigenvalue weighted by atomic mass is 9.96. The standard InChI is InChI=1S/C23H22BrN3O2S/c24-16-4-3-5-17(14-16)27-13-10-18(23(27)29)22(28)26-11-8-15(9-12-26)21-25-19-6-1-2-7-20(19)30-21/h1-7,14-15,18H,8-13H2. The largest absolute Gasteiger partial charge is 0.342 e. The summed E-state index contributed by atoms with van der Waals surface area (Å²) in [5.74, 6) is -0.251. The average molecular weight is 484 g/mol. The van der Waals surface area contributed by atoms with Crippen LogP contribution in [0.5, 0.6) is 0 Å². The van der Waals surface area contributed by atoms with Crippen LogP contribution in [0.3, 0.4) is 0 Å². The van der Waals surface area contributed by atoms with E-state index in [-0.39, 0.29) is 11.8 Å². The summed E-state index contributed by atoms with van der Waals surface area (Å²) < 4.78 is 2.15. The molecule has 5 nitrogen and oxygen atoms in total. The van der Waals surface area contributed by atoms with E-state index in [9.17, 15) is 9.59 Å². The van der Waals surface area contributed by atoms with Crippen LogP contribution in [0.25, 0.3) is 10.2 Å². The molecule has 154 valence electrons. The van der Waals surface area contributed by atoms with Crippen molar-refractivity contribution in [3.05, 3.63) is 58.0 Å². The number of carbonyl (C=O) groups excluding carboxylic acids is 2. The van der Waals surface area contributed by atoms with Gasteiger partial charge in [0.15, 0.2) is 0 Å². The third-order valence-corrected chi connectivity index (χ3v) is 7.78. The van der Waals surface area contributed by atoms with Gasteiger partial charge in [-0.3, -0.25) is 9.59 Å². The number of fused-ring (bicyclic) bond motifs is 1. The van der Waals surface area contributed by atoms with Crippen molar-refractivity contribution in [2.24, 2.45) is 5.92 Å². The van der Waals surface area contributed by atoms with Crippen LogP contribution in [0.1, 0.15) is 30.2 Å². The molecule has 2 aliphatic heterocycles. The van der Waals surface area contributed by atoms with E-state index in [1.165, 1.54) is 9.71 Å². The number of rotatable bonds is 3. The Kier molecular flexibility index (Phi) is 5.33. The number of aromatic nitrogens is 1. The molecule has 1 aromatic heterocycles. The van der Waals surface area contributed by atoms with Gasteiger partial charge in [0, 0.05) is 35.7 Å². The second-order valence-electron chi connectivity index (χ2n) is 7.93. The molecule has 3 heterocycles. The first-order chi connectivity index (χ1) is 14.6. The molecular weight excluding hydrogens is 462 g/mol. The first kappa shape index (κ1) is 19.7. The van der Waals surface area contributed by atoms with Crippen LogP contribution in [0, 0.1) is 5.92 Å². The topological polar surface area (TPSA) is 53.5 Å². The molecule has 3 aromatic rings. The second kappa shape index (κ2) is 8.12. The SMILES string of the molecule is O=C(C1CCN(c2cccc(Br)c2)C1=O)N1CCC(c2nc3ccccc3s2)CC1. The predicted octanol–water partition coefficient (Wildman–Crippen LogP) is 4.82. The summed E-state index contributed by atoms with van der Waals surface area (Å²) in [5.41, 5.74) is 1.90. The number of piperidine rings is 1. The lowest BCUT2D eigenvalue weighted by molar-refractivity contribution is -0.140. The molecule has 2 aromatic carbocycles. The number of hydrogen-bond acceptors (Lipinski definition) is 4. The molecule has 0 radical (unpaired) electrons. The van der Waals surface area contributed by atoms with Crippen molar-refractivity contribution in [2.75, 3.05) is 24.5 Å². The van der Waals surface area contributed by atoms with Crippen molar-refractivity contribution in [1.29, 1.82) is 0 Å². The minimum atomic E-state index is -0.553. The first-order valence-electron chi connectivity index (χ1n) is 10.3. The van der Waals surface area contributed by atoms with Gasteiger partial charge in [-0.15, -0.1) is 11.3 Å². The van der Waals surface area contributed by atoms with Gasteiger partial charge in [-0.05, 0) is 49.6 Å². The first-order valence-corrected chi connectivity index (χ1v) is 11.9. The number of nitrogens with zero attached hydrogens (tertiary/aromatic N) is 3. The molecule has 0 N–H and O–H groups in total. The summed E-state index contributed by atoms with van der Waals surface area (Å²) in [5, 5.41) is 1.17. The minimum absolute atomic E-state index is 0.0137. The molecule has 0 spiro atoms. The molecule has 2 aliphatic rings. The average Bonchev–Trinajstić information content (AvgIpc) is 3.37. The highest BCUT2D eigenvalue weighted by atomic mass is 79.9. The van der Waals surface area contributed by atoms with Crippen molar-refractivity contribution in [3.63, 3.8) is 0 Å². The summed E-state index contributed by atoms with van der Waals surface area (Å²) in [7, 11) is 0. The number of amides is 2. The molecule has 5 rings (SSSR count). The van der Waals surface area contributed by atoms with Crippen molar-refractivity contribution >= 4 is 55.0 Å². The van der Waals surface area contributed by atoms with E-state index in [1.54, 1.807) is 16.2 Å². The van der Waals surface area contributed by atoms with Crippen molar-refractivity contribution in [3.8, 4) is 0 Å². The molecule has 0 aliphatic carbocycles. The maximum absolute atomic E-state index is 13.1. The molecule has 2 saturated heterocycles. The van der Waals surface area contributed by atoms with Gasteiger partial charge in [0.2, 0.25) is 11.8 Å². The highest BCUT2D eigenvalue weighted by molar-refractivity contribution is 9.10. The summed E-state index contributed by atoms with van der Waals surface area (Å²) >= 11 is 5.21.